The molecule has 0 spiro atoms. The van der Waals surface area contributed by atoms with Crippen molar-refractivity contribution in [3.8, 4) is 11.6 Å². The van der Waals surface area contributed by atoms with E-state index in [9.17, 15) is 0 Å². The summed E-state index contributed by atoms with van der Waals surface area (Å²) in [6.45, 7) is 4.49. The van der Waals surface area contributed by atoms with E-state index in [1.807, 2.05) is 18.4 Å². The number of rotatable bonds is 1. The van der Waals surface area contributed by atoms with Crippen LogP contribution in [0.2, 0.25) is 0 Å². The lowest BCUT2D eigenvalue weighted by molar-refractivity contribution is 0.450. The summed E-state index contributed by atoms with van der Waals surface area (Å²) < 4.78 is 7.63. The smallest absolute Gasteiger partial charge is 0.201 e. The first-order chi connectivity index (χ1) is 8.15. The van der Waals surface area contributed by atoms with Crippen LogP contribution in [0.15, 0.2) is 4.42 Å². The molecule has 0 aromatic carbocycles. The van der Waals surface area contributed by atoms with Gasteiger partial charge in [-0.15, -0.1) is 10.2 Å². The van der Waals surface area contributed by atoms with E-state index >= 15 is 0 Å². The first-order valence-corrected chi connectivity index (χ1v) is 5.77. The maximum Gasteiger partial charge on any atom is 0.201 e. The van der Waals surface area contributed by atoms with E-state index in [4.69, 9.17) is 10.2 Å². The van der Waals surface area contributed by atoms with Gasteiger partial charge in [-0.25, -0.2) is 4.98 Å². The van der Waals surface area contributed by atoms with Gasteiger partial charge in [0.1, 0.15) is 5.82 Å². The molecule has 0 saturated heterocycles. The molecule has 1 atom stereocenters. The quantitative estimate of drug-likeness (QED) is 0.788. The van der Waals surface area contributed by atoms with Crippen LogP contribution in [0.25, 0.3) is 11.6 Å². The van der Waals surface area contributed by atoms with Gasteiger partial charge < -0.3 is 14.7 Å². The lowest BCUT2D eigenvalue weighted by atomic mass is 10.1. The number of aryl methyl sites for hydroxylation is 3. The molecule has 17 heavy (non-hydrogen) atoms. The molecule has 2 aromatic rings. The van der Waals surface area contributed by atoms with E-state index in [0.29, 0.717) is 11.7 Å². The van der Waals surface area contributed by atoms with Crippen molar-refractivity contribution < 1.29 is 4.42 Å². The maximum absolute atomic E-state index is 5.98. The van der Waals surface area contributed by atoms with Crippen LogP contribution in [0.4, 0.5) is 0 Å². The Morgan fingerprint density at radius 2 is 2.18 bits per heavy atom. The number of nitrogens with zero attached hydrogens (tertiary/aromatic N) is 4. The molecule has 1 aliphatic heterocycles. The molecule has 0 bridgehead atoms. The maximum atomic E-state index is 5.98. The van der Waals surface area contributed by atoms with Gasteiger partial charge in [-0.05, 0) is 13.3 Å². The first kappa shape index (κ1) is 10.5. The highest BCUT2D eigenvalue weighted by Crippen LogP contribution is 2.25. The van der Waals surface area contributed by atoms with Gasteiger partial charge in [0.2, 0.25) is 5.82 Å². The number of aromatic nitrogens is 4. The SMILES string of the molecule is Cc1nc(C)c(-c2nnc3n2CC(N)CC3)o1. The summed E-state index contributed by atoms with van der Waals surface area (Å²) in [7, 11) is 0. The van der Waals surface area contributed by atoms with Gasteiger partial charge in [-0.3, -0.25) is 0 Å². The summed E-state index contributed by atoms with van der Waals surface area (Å²) in [4.78, 5) is 4.26. The molecule has 3 heterocycles. The molecule has 6 nitrogen and oxygen atoms in total. The summed E-state index contributed by atoms with van der Waals surface area (Å²) in [5, 5.41) is 8.39. The number of hydrogen-bond acceptors (Lipinski definition) is 5. The second-order valence-electron chi connectivity index (χ2n) is 4.50. The Bertz CT molecular complexity index is 556. The third-order valence-electron chi connectivity index (χ3n) is 3.09. The van der Waals surface area contributed by atoms with Gasteiger partial charge in [0, 0.05) is 25.9 Å². The van der Waals surface area contributed by atoms with Crippen LogP contribution in [-0.4, -0.2) is 25.8 Å². The third kappa shape index (κ3) is 1.64. The third-order valence-corrected chi connectivity index (χ3v) is 3.09. The predicted molar refractivity (Wildman–Crippen MR) is 61.3 cm³/mol. The van der Waals surface area contributed by atoms with E-state index in [0.717, 1.165) is 36.7 Å². The van der Waals surface area contributed by atoms with Crippen LogP contribution >= 0.6 is 0 Å². The summed E-state index contributed by atoms with van der Waals surface area (Å²) >= 11 is 0. The average molecular weight is 233 g/mol. The first-order valence-electron chi connectivity index (χ1n) is 5.77. The number of oxazole rings is 1. The number of hydrogen-bond donors (Lipinski definition) is 1. The van der Waals surface area contributed by atoms with Crippen LogP contribution in [0.1, 0.15) is 23.8 Å². The molecule has 0 aliphatic carbocycles. The predicted octanol–water partition coefficient (Wildman–Crippen LogP) is 0.823. The second kappa shape index (κ2) is 3.66. The fraction of sp³-hybridized carbons (Fsp3) is 0.545. The summed E-state index contributed by atoms with van der Waals surface area (Å²) in [6.07, 6.45) is 1.84. The van der Waals surface area contributed by atoms with Crippen molar-refractivity contribution in [1.82, 2.24) is 19.7 Å². The Hall–Kier alpha value is -1.69. The Balaban J connectivity index is 2.10. The molecule has 0 amide bonds. The molecule has 2 N–H and O–H groups in total. The van der Waals surface area contributed by atoms with Crippen molar-refractivity contribution in [2.75, 3.05) is 0 Å². The normalized spacial score (nSPS) is 19.4. The summed E-state index contributed by atoms with van der Waals surface area (Å²) in [5.74, 6) is 3.08. The zero-order chi connectivity index (χ0) is 12.0. The second-order valence-corrected chi connectivity index (χ2v) is 4.50. The van der Waals surface area contributed by atoms with E-state index in [1.54, 1.807) is 0 Å². The highest BCUT2D eigenvalue weighted by Gasteiger charge is 2.24. The largest absolute Gasteiger partial charge is 0.437 e. The highest BCUT2D eigenvalue weighted by molar-refractivity contribution is 5.50. The van der Waals surface area contributed by atoms with E-state index < -0.39 is 0 Å². The topological polar surface area (TPSA) is 82.8 Å². The average Bonchev–Trinajstić information content (AvgIpc) is 2.81. The van der Waals surface area contributed by atoms with Crippen LogP contribution in [0, 0.1) is 13.8 Å². The molecule has 0 radical (unpaired) electrons. The van der Waals surface area contributed by atoms with Gasteiger partial charge in [-0.2, -0.15) is 0 Å². The zero-order valence-electron chi connectivity index (χ0n) is 9.97. The van der Waals surface area contributed by atoms with Crippen molar-refractivity contribution in [1.29, 1.82) is 0 Å². The van der Waals surface area contributed by atoms with Crippen LogP contribution < -0.4 is 5.73 Å². The van der Waals surface area contributed by atoms with Crippen molar-refractivity contribution >= 4 is 0 Å². The van der Waals surface area contributed by atoms with Crippen LogP contribution in [0.3, 0.4) is 0 Å². The van der Waals surface area contributed by atoms with Gasteiger partial charge >= 0.3 is 0 Å². The van der Waals surface area contributed by atoms with Gasteiger partial charge in [0.05, 0.1) is 5.69 Å². The molecule has 1 unspecified atom stereocenters. The Morgan fingerprint density at radius 1 is 1.35 bits per heavy atom. The van der Waals surface area contributed by atoms with Crippen LogP contribution in [0.5, 0.6) is 0 Å². The number of fused-ring (bicyclic) bond motifs is 1. The Morgan fingerprint density at radius 3 is 2.88 bits per heavy atom. The molecular weight excluding hydrogens is 218 g/mol. The van der Waals surface area contributed by atoms with E-state index in [-0.39, 0.29) is 6.04 Å². The standard InChI is InChI=1S/C11H15N5O/c1-6-10(17-7(2)13-6)11-15-14-9-4-3-8(12)5-16(9)11/h8H,3-5,12H2,1-2H3. The number of nitrogens with two attached hydrogens (primary N) is 1. The van der Waals surface area contributed by atoms with Gasteiger partial charge in [-0.1, -0.05) is 0 Å². The fourth-order valence-corrected chi connectivity index (χ4v) is 2.26. The minimum Gasteiger partial charge on any atom is -0.437 e. The summed E-state index contributed by atoms with van der Waals surface area (Å²) in [6, 6.07) is 0.168. The molecule has 0 fully saturated rings. The molecule has 90 valence electrons. The molecule has 1 aliphatic rings. The van der Waals surface area contributed by atoms with Gasteiger partial charge in [0.15, 0.2) is 11.7 Å². The van der Waals surface area contributed by atoms with Crippen molar-refractivity contribution in [3.63, 3.8) is 0 Å². The van der Waals surface area contributed by atoms with E-state index in [2.05, 4.69) is 15.2 Å². The van der Waals surface area contributed by atoms with Crippen molar-refractivity contribution in [2.24, 2.45) is 5.73 Å². The minimum atomic E-state index is 0.168. The Labute approximate surface area is 98.9 Å². The molecule has 2 aromatic heterocycles. The lowest BCUT2D eigenvalue weighted by Crippen LogP contribution is -2.32. The minimum absolute atomic E-state index is 0.168. The molecular formula is C11H15N5O. The van der Waals surface area contributed by atoms with Crippen molar-refractivity contribution in [3.05, 3.63) is 17.4 Å². The molecule has 0 saturated carbocycles. The zero-order valence-corrected chi connectivity index (χ0v) is 9.97. The summed E-state index contributed by atoms with van der Waals surface area (Å²) in [5.41, 5.74) is 6.82. The van der Waals surface area contributed by atoms with Crippen molar-refractivity contribution in [2.45, 2.75) is 39.3 Å². The monoisotopic (exact) mass is 233 g/mol. The lowest BCUT2D eigenvalue weighted by Gasteiger charge is -2.20. The fourth-order valence-electron chi connectivity index (χ4n) is 2.26. The highest BCUT2D eigenvalue weighted by atomic mass is 16.4. The molecule has 6 heteroatoms. The molecule has 3 rings (SSSR count). The van der Waals surface area contributed by atoms with E-state index in [1.165, 1.54) is 0 Å². The van der Waals surface area contributed by atoms with Crippen LogP contribution in [-0.2, 0) is 13.0 Å². The Kier molecular flexibility index (Phi) is 2.25. The van der Waals surface area contributed by atoms with Gasteiger partial charge in [0.25, 0.3) is 0 Å².